The van der Waals surface area contributed by atoms with Crippen LogP contribution in [0.4, 0.5) is 11.6 Å². The molecule has 1 aliphatic carbocycles. The molecular formula is C32H34N10O4S. The number of amides is 1. The van der Waals surface area contributed by atoms with Crippen molar-refractivity contribution in [2.75, 3.05) is 25.0 Å². The Labute approximate surface area is 272 Å². The largest absolute Gasteiger partial charge is 0.343 e. The minimum Gasteiger partial charge on any atom is -0.343 e. The van der Waals surface area contributed by atoms with Crippen LogP contribution in [0.25, 0.3) is 11.4 Å². The van der Waals surface area contributed by atoms with Gasteiger partial charge in [-0.3, -0.25) is 14.3 Å². The van der Waals surface area contributed by atoms with Crippen molar-refractivity contribution in [3.8, 4) is 23.2 Å². The third-order valence-electron chi connectivity index (χ3n) is 8.70. The van der Waals surface area contributed by atoms with E-state index >= 15 is 0 Å². The fourth-order valence-corrected chi connectivity index (χ4v) is 7.38. The Morgan fingerprint density at radius 2 is 1.85 bits per heavy atom. The molecule has 6 heterocycles. The topological polar surface area (TPSA) is 170 Å². The number of likely N-dealkylation sites (tertiary alicyclic amines) is 1. The average molecular weight is 655 g/mol. The second-order valence-corrected chi connectivity index (χ2v) is 14.2. The zero-order valence-corrected chi connectivity index (χ0v) is 26.7. The summed E-state index contributed by atoms with van der Waals surface area (Å²) in [6, 6.07) is 3.55. The number of carbonyl (C=O) groups excluding carboxylic acids is 2. The summed E-state index contributed by atoms with van der Waals surface area (Å²) in [6.45, 7) is 3.61. The summed E-state index contributed by atoms with van der Waals surface area (Å²) >= 11 is 0. The van der Waals surface area contributed by atoms with Gasteiger partial charge >= 0.3 is 0 Å². The van der Waals surface area contributed by atoms with E-state index < -0.39 is 10.0 Å². The Balaban J connectivity index is 1.11. The molecule has 47 heavy (non-hydrogen) atoms. The van der Waals surface area contributed by atoms with E-state index in [0.29, 0.717) is 60.8 Å². The quantitative estimate of drug-likeness (QED) is 0.281. The van der Waals surface area contributed by atoms with E-state index in [-0.39, 0.29) is 29.0 Å². The van der Waals surface area contributed by atoms with Crippen LogP contribution in [-0.4, -0.2) is 83.8 Å². The molecule has 0 aromatic carbocycles. The van der Waals surface area contributed by atoms with Gasteiger partial charge in [0.2, 0.25) is 5.91 Å². The number of nitrogens with zero attached hydrogens (tertiary/aromatic N) is 8. The molecule has 4 aromatic rings. The van der Waals surface area contributed by atoms with Crippen LogP contribution in [0.15, 0.2) is 49.3 Å². The second kappa shape index (κ2) is 12.7. The molecule has 14 nitrogen and oxygen atoms in total. The summed E-state index contributed by atoms with van der Waals surface area (Å²) in [4.78, 5) is 39.4. The smallest absolute Gasteiger partial charge is 0.256 e. The van der Waals surface area contributed by atoms with Crippen LogP contribution >= 0.6 is 0 Å². The molecule has 1 unspecified atom stereocenters. The van der Waals surface area contributed by atoms with Crippen LogP contribution in [0.2, 0.25) is 0 Å². The Bertz CT molecular complexity index is 2000. The molecule has 2 saturated heterocycles. The van der Waals surface area contributed by atoms with Gasteiger partial charge < -0.3 is 15.5 Å². The molecular weight excluding hydrogens is 620 g/mol. The van der Waals surface area contributed by atoms with Crippen molar-refractivity contribution in [2.24, 2.45) is 0 Å². The summed E-state index contributed by atoms with van der Waals surface area (Å²) in [5.74, 6) is 8.03. The molecule has 242 valence electrons. The maximum absolute atomic E-state index is 12.6. The Hall–Kier alpha value is -4.94. The second-order valence-electron chi connectivity index (χ2n) is 12.1. The van der Waals surface area contributed by atoms with Gasteiger partial charge in [0, 0.05) is 69.6 Å². The first kappa shape index (κ1) is 30.7. The lowest BCUT2D eigenvalue weighted by molar-refractivity contribution is -0.130. The lowest BCUT2D eigenvalue weighted by Gasteiger charge is -2.31. The van der Waals surface area contributed by atoms with Crippen LogP contribution in [-0.2, 0) is 19.6 Å². The maximum atomic E-state index is 12.6. The van der Waals surface area contributed by atoms with Crippen molar-refractivity contribution in [1.29, 1.82) is 0 Å². The Morgan fingerprint density at radius 3 is 2.62 bits per heavy atom. The van der Waals surface area contributed by atoms with E-state index in [9.17, 15) is 18.0 Å². The summed E-state index contributed by atoms with van der Waals surface area (Å²) < 4.78 is 28.1. The monoisotopic (exact) mass is 654 g/mol. The first-order chi connectivity index (χ1) is 22.7. The van der Waals surface area contributed by atoms with Gasteiger partial charge in [0.05, 0.1) is 41.0 Å². The van der Waals surface area contributed by atoms with Crippen molar-refractivity contribution in [3.63, 3.8) is 0 Å². The SMILES string of the molecule is CC(=O)N1CCC(n2cc(C#Cc3cnc(Nc4ccnc(-c5cnn(S(=O)(=O)C6CC6)c5)n4)cc3C3CC(=O)CCN3)cn2)CC1. The van der Waals surface area contributed by atoms with Crippen LogP contribution in [0.5, 0.6) is 0 Å². The van der Waals surface area contributed by atoms with Gasteiger partial charge in [-0.05, 0) is 43.4 Å². The lowest BCUT2D eigenvalue weighted by Crippen LogP contribution is -2.37. The number of nitrogens with one attached hydrogen (secondary N) is 2. The number of pyridine rings is 1. The summed E-state index contributed by atoms with van der Waals surface area (Å²) in [6.07, 6.45) is 13.6. The highest BCUT2D eigenvalue weighted by molar-refractivity contribution is 7.90. The van der Waals surface area contributed by atoms with E-state index in [1.54, 1.807) is 31.6 Å². The molecule has 3 aliphatic rings. The molecule has 1 amide bonds. The molecule has 0 radical (unpaired) electrons. The lowest BCUT2D eigenvalue weighted by atomic mass is 9.94. The molecule has 2 N–H and O–H groups in total. The van der Waals surface area contributed by atoms with Crippen molar-refractivity contribution in [2.45, 2.75) is 62.8 Å². The van der Waals surface area contributed by atoms with E-state index in [1.807, 2.05) is 21.8 Å². The number of anilines is 2. The third-order valence-corrected chi connectivity index (χ3v) is 10.7. The minimum atomic E-state index is -3.50. The van der Waals surface area contributed by atoms with Crippen LogP contribution in [0.1, 0.15) is 74.2 Å². The predicted octanol–water partition coefficient (Wildman–Crippen LogP) is 2.59. The molecule has 0 bridgehead atoms. The van der Waals surface area contributed by atoms with Crippen LogP contribution in [0.3, 0.4) is 0 Å². The van der Waals surface area contributed by atoms with E-state index in [1.165, 1.54) is 12.4 Å². The number of Topliss-reactive ketones (excluding diaryl/α,β-unsaturated/α-hetero) is 1. The van der Waals surface area contributed by atoms with E-state index in [2.05, 4.69) is 47.6 Å². The average Bonchev–Trinajstić information content (AvgIpc) is 3.63. The summed E-state index contributed by atoms with van der Waals surface area (Å²) in [5.41, 5.74) is 2.78. The zero-order chi connectivity index (χ0) is 32.5. The van der Waals surface area contributed by atoms with Crippen molar-refractivity contribution >= 4 is 33.3 Å². The number of ketones is 1. The molecule has 15 heteroatoms. The van der Waals surface area contributed by atoms with Crippen molar-refractivity contribution in [1.82, 2.24) is 44.1 Å². The molecule has 4 aromatic heterocycles. The third kappa shape index (κ3) is 6.79. The fraction of sp³-hybridized carbons (Fsp3) is 0.406. The predicted molar refractivity (Wildman–Crippen MR) is 172 cm³/mol. The number of rotatable bonds is 7. The highest BCUT2D eigenvalue weighted by Crippen LogP contribution is 2.31. The Morgan fingerprint density at radius 1 is 1.02 bits per heavy atom. The van der Waals surface area contributed by atoms with Gasteiger partial charge in [-0.2, -0.15) is 14.3 Å². The number of carbonyl (C=O) groups is 2. The zero-order valence-electron chi connectivity index (χ0n) is 25.8. The van der Waals surface area contributed by atoms with Crippen LogP contribution < -0.4 is 10.6 Å². The standard InChI is InChI=1S/C32H34N10O4S/c1-21(43)40-12-8-25(9-13-40)41-19-22(16-36-41)2-3-23-17-35-31(15-28(23)29-14-26(44)6-10-33-29)38-30-7-11-34-32(39-30)24-18-37-42(20-24)47(45,46)27-4-5-27/h7,11,15-20,25,27,29,33H,4-6,8-10,12-14H2,1H3,(H,34,35,38,39). The minimum absolute atomic E-state index is 0.101. The van der Waals surface area contributed by atoms with E-state index in [4.69, 9.17) is 0 Å². The molecule has 3 fully saturated rings. The first-order valence-electron chi connectivity index (χ1n) is 15.7. The molecule has 1 atom stereocenters. The summed E-state index contributed by atoms with van der Waals surface area (Å²) in [7, 11) is -3.50. The van der Waals surface area contributed by atoms with Crippen molar-refractivity contribution in [3.05, 3.63) is 66.0 Å². The van der Waals surface area contributed by atoms with E-state index in [0.717, 1.165) is 41.1 Å². The van der Waals surface area contributed by atoms with Gasteiger partial charge in [0.25, 0.3) is 10.0 Å². The summed E-state index contributed by atoms with van der Waals surface area (Å²) in [5, 5.41) is 14.9. The van der Waals surface area contributed by atoms with Gasteiger partial charge in [-0.1, -0.05) is 11.8 Å². The number of aromatic nitrogens is 7. The first-order valence-corrected chi connectivity index (χ1v) is 17.2. The number of hydrogen-bond donors (Lipinski definition) is 2. The molecule has 2 aliphatic heterocycles. The van der Waals surface area contributed by atoms with Crippen molar-refractivity contribution < 1.29 is 18.0 Å². The van der Waals surface area contributed by atoms with Gasteiger partial charge in [0.15, 0.2) is 5.82 Å². The fourth-order valence-electron chi connectivity index (χ4n) is 5.90. The normalized spacial score (nSPS) is 18.9. The van der Waals surface area contributed by atoms with Gasteiger partial charge in [-0.15, -0.1) is 0 Å². The molecule has 0 spiro atoms. The number of hydrogen-bond acceptors (Lipinski definition) is 11. The maximum Gasteiger partial charge on any atom is 0.256 e. The Kier molecular flexibility index (Phi) is 8.29. The molecule has 1 saturated carbocycles. The molecule has 7 rings (SSSR count). The number of piperidine rings is 2. The van der Waals surface area contributed by atoms with Crippen LogP contribution in [0, 0.1) is 11.8 Å². The highest BCUT2D eigenvalue weighted by atomic mass is 32.2. The van der Waals surface area contributed by atoms with Gasteiger partial charge in [-0.25, -0.2) is 23.4 Å². The highest BCUT2D eigenvalue weighted by Gasteiger charge is 2.37. The van der Waals surface area contributed by atoms with Gasteiger partial charge in [0.1, 0.15) is 17.4 Å².